The third-order valence-corrected chi connectivity index (χ3v) is 2.31. The van der Waals surface area contributed by atoms with Crippen molar-refractivity contribution in [1.82, 2.24) is 0 Å². The van der Waals surface area contributed by atoms with Gasteiger partial charge in [0, 0.05) is 4.43 Å². The number of benzene rings is 1. The highest BCUT2D eigenvalue weighted by atomic mass is 127. The van der Waals surface area contributed by atoms with Gasteiger partial charge in [0.15, 0.2) is 0 Å². The van der Waals surface area contributed by atoms with Crippen LogP contribution in [0.2, 0.25) is 0 Å². The summed E-state index contributed by atoms with van der Waals surface area (Å²) in [5.74, 6) is 0. The molecule has 0 saturated carbocycles. The zero-order valence-electron chi connectivity index (χ0n) is 7.70. The van der Waals surface area contributed by atoms with Crippen LogP contribution < -0.4 is 0 Å². The fourth-order valence-corrected chi connectivity index (χ4v) is 1.35. The second-order valence-electron chi connectivity index (χ2n) is 2.80. The molecule has 1 rings (SSSR count). The fraction of sp³-hybridized carbons (Fsp3) is 0.167. The summed E-state index contributed by atoms with van der Waals surface area (Å²) < 4.78 is 1.07. The lowest BCUT2D eigenvalue weighted by Crippen LogP contribution is -1.76. The zero-order chi connectivity index (χ0) is 9.52. The van der Waals surface area contributed by atoms with Crippen LogP contribution in [0, 0.1) is 0 Å². The monoisotopic (exact) mass is 284 g/mol. The Bertz CT molecular complexity index is 296. The summed E-state index contributed by atoms with van der Waals surface area (Å²) in [5.41, 5.74) is 2.60. The maximum atomic E-state index is 2.33. The van der Waals surface area contributed by atoms with Gasteiger partial charge >= 0.3 is 0 Å². The van der Waals surface area contributed by atoms with E-state index < -0.39 is 0 Å². The number of allylic oxidation sites excluding steroid dienone is 4. The van der Waals surface area contributed by atoms with Crippen molar-refractivity contribution in [1.29, 1.82) is 0 Å². The lowest BCUT2D eigenvalue weighted by Gasteiger charge is -1.98. The van der Waals surface area contributed by atoms with Gasteiger partial charge in [0.25, 0.3) is 0 Å². The van der Waals surface area contributed by atoms with E-state index in [1.165, 1.54) is 11.1 Å². The molecule has 0 aliphatic heterocycles. The summed E-state index contributed by atoms with van der Waals surface area (Å²) in [5, 5.41) is 0. The van der Waals surface area contributed by atoms with Crippen LogP contribution in [0.4, 0.5) is 0 Å². The van der Waals surface area contributed by atoms with Crippen molar-refractivity contribution in [2.75, 3.05) is 4.43 Å². The van der Waals surface area contributed by atoms with Crippen molar-refractivity contribution in [2.24, 2.45) is 0 Å². The molecule has 0 N–H and O–H groups in total. The van der Waals surface area contributed by atoms with E-state index in [9.17, 15) is 0 Å². The SMILES string of the molecule is C/C(=C\C=C/CI)c1ccccc1. The Kier molecular flexibility index (Phi) is 4.83. The Morgan fingerprint density at radius 1 is 1.31 bits per heavy atom. The third kappa shape index (κ3) is 3.77. The second-order valence-corrected chi connectivity index (χ2v) is 3.68. The molecule has 0 nitrogen and oxygen atoms in total. The Labute approximate surface area is 93.5 Å². The van der Waals surface area contributed by atoms with Crippen LogP contribution in [0.5, 0.6) is 0 Å². The third-order valence-electron chi connectivity index (χ3n) is 1.80. The Morgan fingerprint density at radius 3 is 2.62 bits per heavy atom. The van der Waals surface area contributed by atoms with E-state index in [2.05, 4.69) is 72.0 Å². The van der Waals surface area contributed by atoms with Crippen LogP contribution in [0.15, 0.2) is 48.6 Å². The molecule has 1 aromatic rings. The first-order valence-electron chi connectivity index (χ1n) is 4.29. The minimum atomic E-state index is 1.07. The summed E-state index contributed by atoms with van der Waals surface area (Å²) >= 11 is 2.33. The first kappa shape index (κ1) is 10.5. The molecular weight excluding hydrogens is 271 g/mol. The van der Waals surface area contributed by atoms with E-state index >= 15 is 0 Å². The van der Waals surface area contributed by atoms with Gasteiger partial charge < -0.3 is 0 Å². The predicted molar refractivity (Wildman–Crippen MR) is 68.1 cm³/mol. The van der Waals surface area contributed by atoms with E-state index in [1.54, 1.807) is 0 Å². The topological polar surface area (TPSA) is 0 Å². The maximum Gasteiger partial charge on any atom is 0.0178 e. The maximum absolute atomic E-state index is 2.33. The van der Waals surface area contributed by atoms with Gasteiger partial charge in [-0.2, -0.15) is 0 Å². The molecule has 0 bridgehead atoms. The second kappa shape index (κ2) is 5.97. The normalized spacial score (nSPS) is 12.3. The Hall–Kier alpha value is -0.570. The molecule has 0 heterocycles. The molecule has 0 spiro atoms. The summed E-state index contributed by atoms with van der Waals surface area (Å²) in [6.07, 6.45) is 6.40. The summed E-state index contributed by atoms with van der Waals surface area (Å²) in [6.45, 7) is 2.13. The molecule has 0 radical (unpaired) electrons. The van der Waals surface area contributed by atoms with Crippen LogP contribution in [0.3, 0.4) is 0 Å². The minimum Gasteiger partial charge on any atom is -0.0818 e. The number of hydrogen-bond donors (Lipinski definition) is 0. The van der Waals surface area contributed by atoms with Gasteiger partial charge in [0.05, 0.1) is 0 Å². The molecule has 0 aromatic heterocycles. The van der Waals surface area contributed by atoms with E-state index in [1.807, 2.05) is 6.07 Å². The van der Waals surface area contributed by atoms with Gasteiger partial charge in [-0.25, -0.2) is 0 Å². The molecule has 1 aromatic carbocycles. The molecule has 0 amide bonds. The van der Waals surface area contributed by atoms with Crippen molar-refractivity contribution < 1.29 is 0 Å². The molecular formula is C12H13I. The molecule has 0 unspecified atom stereocenters. The van der Waals surface area contributed by atoms with Gasteiger partial charge in [0.2, 0.25) is 0 Å². The van der Waals surface area contributed by atoms with Gasteiger partial charge in [-0.15, -0.1) is 0 Å². The predicted octanol–water partition coefficient (Wildman–Crippen LogP) is 4.08. The first-order valence-corrected chi connectivity index (χ1v) is 5.82. The summed E-state index contributed by atoms with van der Waals surface area (Å²) in [6, 6.07) is 10.4. The van der Waals surface area contributed by atoms with Crippen molar-refractivity contribution in [3.63, 3.8) is 0 Å². The van der Waals surface area contributed by atoms with Gasteiger partial charge in [-0.1, -0.05) is 71.2 Å². The summed E-state index contributed by atoms with van der Waals surface area (Å²) in [7, 11) is 0. The number of alkyl halides is 1. The van der Waals surface area contributed by atoms with E-state index in [0.717, 1.165) is 4.43 Å². The highest BCUT2D eigenvalue weighted by Gasteiger charge is 1.90. The molecule has 68 valence electrons. The van der Waals surface area contributed by atoms with Gasteiger partial charge in [-0.05, 0) is 18.1 Å². The van der Waals surface area contributed by atoms with E-state index in [4.69, 9.17) is 0 Å². The summed E-state index contributed by atoms with van der Waals surface area (Å²) in [4.78, 5) is 0. The average Bonchev–Trinajstić information content (AvgIpc) is 2.19. The molecule has 0 aliphatic carbocycles. The zero-order valence-corrected chi connectivity index (χ0v) is 9.86. The van der Waals surface area contributed by atoms with Crippen LogP contribution in [-0.2, 0) is 0 Å². The molecule has 1 heteroatoms. The Balaban J connectivity index is 2.73. The number of rotatable bonds is 3. The van der Waals surface area contributed by atoms with Gasteiger partial charge in [0.1, 0.15) is 0 Å². The highest BCUT2D eigenvalue weighted by molar-refractivity contribution is 14.1. The number of hydrogen-bond acceptors (Lipinski definition) is 0. The van der Waals surface area contributed by atoms with Crippen LogP contribution >= 0.6 is 22.6 Å². The first-order chi connectivity index (χ1) is 6.34. The minimum absolute atomic E-state index is 1.07. The quantitative estimate of drug-likeness (QED) is 0.445. The van der Waals surface area contributed by atoms with Crippen LogP contribution in [0.1, 0.15) is 12.5 Å². The lowest BCUT2D eigenvalue weighted by molar-refractivity contribution is 1.57. The molecule has 0 aliphatic rings. The number of halogens is 1. The van der Waals surface area contributed by atoms with Crippen molar-refractivity contribution in [3.05, 3.63) is 54.1 Å². The molecule has 0 saturated heterocycles. The van der Waals surface area contributed by atoms with Crippen LogP contribution in [-0.4, -0.2) is 4.43 Å². The average molecular weight is 284 g/mol. The van der Waals surface area contributed by atoms with Crippen molar-refractivity contribution in [3.8, 4) is 0 Å². The van der Waals surface area contributed by atoms with E-state index in [0.29, 0.717) is 0 Å². The largest absolute Gasteiger partial charge is 0.0818 e. The molecule has 0 fully saturated rings. The highest BCUT2D eigenvalue weighted by Crippen LogP contribution is 2.12. The fourth-order valence-electron chi connectivity index (χ4n) is 1.06. The lowest BCUT2D eigenvalue weighted by atomic mass is 10.1. The Morgan fingerprint density at radius 2 is 2.00 bits per heavy atom. The smallest absolute Gasteiger partial charge is 0.0178 e. The molecule has 0 atom stereocenters. The van der Waals surface area contributed by atoms with Crippen LogP contribution in [0.25, 0.3) is 5.57 Å². The standard InChI is InChI=1S/C12H13I/c1-11(7-5-6-10-13)12-8-3-2-4-9-12/h2-9H,10H2,1H3/b6-5-,11-7+. The van der Waals surface area contributed by atoms with Crippen molar-refractivity contribution in [2.45, 2.75) is 6.92 Å². The molecule has 13 heavy (non-hydrogen) atoms. The van der Waals surface area contributed by atoms with E-state index in [-0.39, 0.29) is 0 Å². The van der Waals surface area contributed by atoms with Crippen molar-refractivity contribution >= 4 is 28.2 Å². The van der Waals surface area contributed by atoms with Gasteiger partial charge in [-0.3, -0.25) is 0 Å².